The lowest BCUT2D eigenvalue weighted by atomic mass is 10.1. The van der Waals surface area contributed by atoms with Crippen LogP contribution >= 0.6 is 0 Å². The van der Waals surface area contributed by atoms with Crippen LogP contribution in [0.5, 0.6) is 23.1 Å². The molecule has 5 rings (SSSR count). The predicted molar refractivity (Wildman–Crippen MR) is 175 cm³/mol. The van der Waals surface area contributed by atoms with Crippen molar-refractivity contribution in [2.45, 2.75) is 33.6 Å². The van der Waals surface area contributed by atoms with E-state index in [0.29, 0.717) is 49.2 Å². The van der Waals surface area contributed by atoms with Crippen molar-refractivity contribution in [2.75, 3.05) is 57.2 Å². The molecular formula is C35H40FN5O5. The maximum absolute atomic E-state index is 15.0. The van der Waals surface area contributed by atoms with Crippen molar-refractivity contribution in [1.82, 2.24) is 14.9 Å². The Morgan fingerprint density at radius 1 is 1.02 bits per heavy atom. The Kier molecular flexibility index (Phi) is 11.0. The van der Waals surface area contributed by atoms with Gasteiger partial charge in [0.15, 0.2) is 23.1 Å². The maximum atomic E-state index is 15.0. The molecule has 46 heavy (non-hydrogen) atoms. The second-order valence-electron chi connectivity index (χ2n) is 11.0. The summed E-state index contributed by atoms with van der Waals surface area (Å²) < 4.78 is 37.8. The van der Waals surface area contributed by atoms with Crippen LogP contribution in [0.15, 0.2) is 60.8 Å². The topological polar surface area (TPSA) is 107 Å². The predicted octanol–water partition coefficient (Wildman–Crippen LogP) is 6.69. The highest BCUT2D eigenvalue weighted by Crippen LogP contribution is 2.34. The molecule has 10 nitrogen and oxygen atoms in total. The van der Waals surface area contributed by atoms with Crippen LogP contribution in [0.4, 0.5) is 21.7 Å². The first-order chi connectivity index (χ1) is 22.3. The zero-order valence-corrected chi connectivity index (χ0v) is 26.7. The number of halogens is 1. The van der Waals surface area contributed by atoms with Crippen LogP contribution in [0.2, 0.25) is 0 Å². The Balaban J connectivity index is 1.37. The Labute approximate surface area is 268 Å². The number of nitrogens with one attached hydrogen (secondary N) is 2. The lowest BCUT2D eigenvalue weighted by molar-refractivity contribution is 0.0320. The zero-order valence-electron chi connectivity index (χ0n) is 26.7. The van der Waals surface area contributed by atoms with Gasteiger partial charge in [-0.15, -0.1) is 0 Å². The maximum Gasteiger partial charge on any atom is 0.262 e. The number of methoxy groups -OCH3 is 1. The van der Waals surface area contributed by atoms with E-state index in [1.807, 2.05) is 44.2 Å². The molecule has 2 heterocycles. The monoisotopic (exact) mass is 629 g/mol. The minimum atomic E-state index is -0.523. The van der Waals surface area contributed by atoms with Crippen molar-refractivity contribution in [3.8, 4) is 23.1 Å². The van der Waals surface area contributed by atoms with E-state index in [1.54, 1.807) is 25.3 Å². The molecule has 242 valence electrons. The number of carbonyl (C=O) groups excluding carboxylic acids is 1. The van der Waals surface area contributed by atoms with Crippen LogP contribution in [-0.2, 0) is 11.2 Å². The SMILES string of the molecule is CCCc1ccc(Oc2nc(Nc3ccc(OCCN4CCOCC4)c(F)c3)ncc2C(=O)Nc2c(C)cccc2C)c(OC)c1. The van der Waals surface area contributed by atoms with Crippen molar-refractivity contribution >= 4 is 23.2 Å². The first kappa shape index (κ1) is 32.6. The Hall–Kier alpha value is -4.74. The molecule has 1 aliphatic rings. The average molecular weight is 630 g/mol. The molecule has 1 fully saturated rings. The number of benzene rings is 3. The quantitative estimate of drug-likeness (QED) is 0.167. The fourth-order valence-electron chi connectivity index (χ4n) is 5.13. The van der Waals surface area contributed by atoms with Gasteiger partial charge in [-0.05, 0) is 61.2 Å². The average Bonchev–Trinajstić information content (AvgIpc) is 3.05. The van der Waals surface area contributed by atoms with E-state index < -0.39 is 11.7 Å². The second kappa shape index (κ2) is 15.5. The number of anilines is 3. The van der Waals surface area contributed by atoms with Crippen molar-refractivity contribution in [2.24, 2.45) is 0 Å². The molecule has 1 aliphatic heterocycles. The Morgan fingerprint density at radius 2 is 1.78 bits per heavy atom. The third kappa shape index (κ3) is 8.29. The van der Waals surface area contributed by atoms with E-state index in [2.05, 4.69) is 32.4 Å². The second-order valence-corrected chi connectivity index (χ2v) is 11.0. The molecule has 11 heteroatoms. The molecule has 0 aliphatic carbocycles. The van der Waals surface area contributed by atoms with Crippen LogP contribution in [0.25, 0.3) is 0 Å². The first-order valence-corrected chi connectivity index (χ1v) is 15.4. The first-order valence-electron chi connectivity index (χ1n) is 15.4. The van der Waals surface area contributed by atoms with Gasteiger partial charge in [-0.25, -0.2) is 9.37 Å². The summed E-state index contributed by atoms with van der Waals surface area (Å²) in [5.74, 6) is 0.201. The Morgan fingerprint density at radius 3 is 2.50 bits per heavy atom. The summed E-state index contributed by atoms with van der Waals surface area (Å²) in [6.45, 7) is 10.1. The minimum Gasteiger partial charge on any atom is -0.493 e. The highest BCUT2D eigenvalue weighted by Gasteiger charge is 2.21. The van der Waals surface area contributed by atoms with Gasteiger partial charge in [-0.2, -0.15) is 4.98 Å². The highest BCUT2D eigenvalue weighted by atomic mass is 19.1. The smallest absolute Gasteiger partial charge is 0.262 e. The summed E-state index contributed by atoms with van der Waals surface area (Å²) in [5, 5.41) is 5.98. The number of rotatable bonds is 13. The van der Waals surface area contributed by atoms with Crippen LogP contribution in [0.3, 0.4) is 0 Å². The summed E-state index contributed by atoms with van der Waals surface area (Å²) in [6, 6.07) is 16.0. The lowest BCUT2D eigenvalue weighted by Gasteiger charge is -2.26. The minimum absolute atomic E-state index is 0.00585. The number of amides is 1. The van der Waals surface area contributed by atoms with E-state index in [0.717, 1.165) is 42.6 Å². The number of hydrogen-bond acceptors (Lipinski definition) is 9. The number of aryl methyl sites for hydroxylation is 3. The number of ether oxygens (including phenoxy) is 4. The summed E-state index contributed by atoms with van der Waals surface area (Å²) in [7, 11) is 1.56. The number of aromatic nitrogens is 2. The number of para-hydroxylation sites is 1. The molecular weight excluding hydrogens is 589 g/mol. The van der Waals surface area contributed by atoms with Crippen LogP contribution in [0, 0.1) is 19.7 Å². The fraction of sp³-hybridized carbons (Fsp3) is 0.343. The van der Waals surface area contributed by atoms with E-state index in [1.165, 1.54) is 12.3 Å². The third-order valence-corrected chi connectivity index (χ3v) is 7.65. The Bertz CT molecular complexity index is 1640. The molecule has 0 spiro atoms. The largest absolute Gasteiger partial charge is 0.493 e. The molecule has 0 radical (unpaired) electrons. The molecule has 0 bridgehead atoms. The van der Waals surface area contributed by atoms with Gasteiger partial charge in [0.05, 0.1) is 20.3 Å². The number of hydrogen-bond donors (Lipinski definition) is 2. The van der Waals surface area contributed by atoms with E-state index in [9.17, 15) is 9.18 Å². The van der Waals surface area contributed by atoms with Crippen molar-refractivity contribution < 1.29 is 28.1 Å². The third-order valence-electron chi connectivity index (χ3n) is 7.65. The van der Waals surface area contributed by atoms with Gasteiger partial charge >= 0.3 is 0 Å². The number of morpholine rings is 1. The van der Waals surface area contributed by atoms with Gasteiger partial charge in [-0.3, -0.25) is 9.69 Å². The summed E-state index contributed by atoms with van der Waals surface area (Å²) in [5.41, 5.74) is 4.14. The highest BCUT2D eigenvalue weighted by molar-refractivity contribution is 6.06. The fourth-order valence-corrected chi connectivity index (χ4v) is 5.13. The molecule has 2 N–H and O–H groups in total. The molecule has 1 saturated heterocycles. The molecule has 0 saturated carbocycles. The number of nitrogens with zero attached hydrogens (tertiary/aromatic N) is 3. The van der Waals surface area contributed by atoms with E-state index in [4.69, 9.17) is 18.9 Å². The molecule has 0 atom stereocenters. The van der Waals surface area contributed by atoms with Crippen molar-refractivity contribution in [3.05, 3.63) is 88.9 Å². The summed E-state index contributed by atoms with van der Waals surface area (Å²) in [4.78, 5) is 24.7. The van der Waals surface area contributed by atoms with Crippen LogP contribution in [-0.4, -0.2) is 67.3 Å². The van der Waals surface area contributed by atoms with Gasteiger partial charge in [0.1, 0.15) is 12.2 Å². The van der Waals surface area contributed by atoms with Crippen LogP contribution in [0.1, 0.15) is 40.4 Å². The summed E-state index contributed by atoms with van der Waals surface area (Å²) in [6.07, 6.45) is 3.25. The summed E-state index contributed by atoms with van der Waals surface area (Å²) >= 11 is 0. The van der Waals surface area contributed by atoms with Crippen LogP contribution < -0.4 is 24.8 Å². The van der Waals surface area contributed by atoms with Gasteiger partial charge in [0.25, 0.3) is 5.91 Å². The van der Waals surface area contributed by atoms with E-state index >= 15 is 0 Å². The molecule has 1 amide bonds. The lowest BCUT2D eigenvalue weighted by Crippen LogP contribution is -2.38. The standard InChI is InChI=1S/C35H40FN5O5/c1-5-7-25-10-12-30(31(20-25)43-4)46-34-27(33(42)39-32-23(2)8-6-9-24(32)3)22-37-35(40-34)38-26-11-13-29(28(36)21-26)45-19-16-41-14-17-44-18-15-41/h6,8-13,20-22H,5,7,14-19H2,1-4H3,(H,39,42)(H,37,38,40). The van der Waals surface area contributed by atoms with Gasteiger partial charge in [-0.1, -0.05) is 37.6 Å². The van der Waals surface area contributed by atoms with E-state index in [-0.39, 0.29) is 23.1 Å². The van der Waals surface area contributed by atoms with Gasteiger partial charge in [0.2, 0.25) is 11.8 Å². The molecule has 1 aromatic heterocycles. The van der Waals surface area contributed by atoms with Crippen molar-refractivity contribution in [1.29, 1.82) is 0 Å². The van der Waals surface area contributed by atoms with Gasteiger partial charge in [0, 0.05) is 43.3 Å². The zero-order chi connectivity index (χ0) is 32.5. The van der Waals surface area contributed by atoms with Crippen molar-refractivity contribution in [3.63, 3.8) is 0 Å². The molecule has 3 aromatic carbocycles. The number of carbonyl (C=O) groups is 1. The molecule has 0 unspecified atom stereocenters. The molecule has 4 aromatic rings. The normalized spacial score (nSPS) is 13.2. The van der Waals surface area contributed by atoms with Gasteiger partial charge < -0.3 is 29.6 Å².